The Labute approximate surface area is 99.6 Å². The summed E-state index contributed by atoms with van der Waals surface area (Å²) in [4.78, 5) is 0. The van der Waals surface area contributed by atoms with Gasteiger partial charge in [-0.25, -0.2) is 0 Å². The molecule has 2 nitrogen and oxygen atoms in total. The molecule has 0 aliphatic heterocycles. The fourth-order valence-electron chi connectivity index (χ4n) is 3.34. The summed E-state index contributed by atoms with van der Waals surface area (Å²) in [6, 6.07) is 0.471. The molecule has 92 valence electrons. The summed E-state index contributed by atoms with van der Waals surface area (Å²) >= 11 is 0. The molecule has 0 aromatic carbocycles. The minimum Gasteiger partial charge on any atom is -0.271 e. The molecule has 1 saturated carbocycles. The number of nitrogens with one attached hydrogen (secondary N) is 1. The van der Waals surface area contributed by atoms with Gasteiger partial charge in [-0.15, -0.1) is 0 Å². The van der Waals surface area contributed by atoms with Gasteiger partial charge < -0.3 is 0 Å². The van der Waals surface area contributed by atoms with Gasteiger partial charge in [-0.2, -0.15) is 0 Å². The van der Waals surface area contributed by atoms with E-state index in [0.29, 0.717) is 6.04 Å². The standard InChI is InChI=1S/C14H26N2/c15-16-14(13-10-6-3-7-11-13)12-8-4-1-2-5-9-12/h10,12,14,16H,1-9,11,15H2. The molecule has 2 aliphatic carbocycles. The van der Waals surface area contributed by atoms with Crippen molar-refractivity contribution in [1.29, 1.82) is 0 Å². The minimum absolute atomic E-state index is 0.471. The van der Waals surface area contributed by atoms with Gasteiger partial charge in [-0.05, 0) is 44.4 Å². The van der Waals surface area contributed by atoms with Gasteiger partial charge in [-0.3, -0.25) is 11.3 Å². The van der Waals surface area contributed by atoms with Crippen LogP contribution >= 0.6 is 0 Å². The number of allylic oxidation sites excluding steroid dienone is 1. The van der Waals surface area contributed by atoms with Crippen LogP contribution in [0.5, 0.6) is 0 Å². The molecule has 0 saturated heterocycles. The highest BCUT2D eigenvalue weighted by Crippen LogP contribution is 2.31. The van der Waals surface area contributed by atoms with Crippen molar-refractivity contribution in [3.8, 4) is 0 Å². The lowest BCUT2D eigenvalue weighted by molar-refractivity contribution is 0.346. The first-order valence-corrected chi connectivity index (χ1v) is 7.07. The van der Waals surface area contributed by atoms with E-state index in [0.717, 1.165) is 5.92 Å². The van der Waals surface area contributed by atoms with Gasteiger partial charge in [0.1, 0.15) is 0 Å². The molecule has 1 unspecified atom stereocenters. The Kier molecular flexibility index (Phi) is 4.86. The van der Waals surface area contributed by atoms with Gasteiger partial charge in [0.15, 0.2) is 0 Å². The predicted molar refractivity (Wildman–Crippen MR) is 68.9 cm³/mol. The van der Waals surface area contributed by atoms with Crippen molar-refractivity contribution >= 4 is 0 Å². The summed E-state index contributed by atoms with van der Waals surface area (Å²) in [5.41, 5.74) is 4.70. The van der Waals surface area contributed by atoms with E-state index in [1.54, 1.807) is 5.57 Å². The maximum absolute atomic E-state index is 5.79. The topological polar surface area (TPSA) is 38.0 Å². The van der Waals surface area contributed by atoms with Gasteiger partial charge in [0, 0.05) is 6.04 Å². The van der Waals surface area contributed by atoms with Gasteiger partial charge >= 0.3 is 0 Å². The van der Waals surface area contributed by atoms with Crippen LogP contribution in [0.4, 0.5) is 0 Å². The van der Waals surface area contributed by atoms with E-state index in [4.69, 9.17) is 5.84 Å². The normalized spacial score (nSPS) is 25.9. The third-order valence-electron chi connectivity index (χ3n) is 4.28. The van der Waals surface area contributed by atoms with E-state index >= 15 is 0 Å². The first kappa shape index (κ1) is 12.1. The monoisotopic (exact) mass is 222 g/mol. The highest BCUT2D eigenvalue weighted by Gasteiger charge is 2.25. The molecule has 0 aromatic rings. The van der Waals surface area contributed by atoms with Crippen LogP contribution < -0.4 is 11.3 Å². The van der Waals surface area contributed by atoms with Gasteiger partial charge in [-0.1, -0.05) is 37.3 Å². The molecular weight excluding hydrogens is 196 g/mol. The van der Waals surface area contributed by atoms with E-state index in [-0.39, 0.29) is 0 Å². The Morgan fingerprint density at radius 1 is 1.06 bits per heavy atom. The highest BCUT2D eigenvalue weighted by atomic mass is 15.2. The summed E-state index contributed by atoms with van der Waals surface area (Å²) in [6.45, 7) is 0. The van der Waals surface area contributed by atoms with Crippen molar-refractivity contribution in [3.63, 3.8) is 0 Å². The molecule has 2 rings (SSSR count). The van der Waals surface area contributed by atoms with E-state index in [1.165, 1.54) is 64.2 Å². The molecule has 0 spiro atoms. The lowest BCUT2D eigenvalue weighted by Gasteiger charge is -2.29. The molecule has 3 N–H and O–H groups in total. The van der Waals surface area contributed by atoms with E-state index in [2.05, 4.69) is 11.5 Å². The third-order valence-corrected chi connectivity index (χ3v) is 4.28. The molecule has 16 heavy (non-hydrogen) atoms. The summed E-state index contributed by atoms with van der Waals surface area (Å²) in [5.74, 6) is 6.58. The van der Waals surface area contributed by atoms with Crippen LogP contribution in [0.2, 0.25) is 0 Å². The van der Waals surface area contributed by atoms with Crippen molar-refractivity contribution in [3.05, 3.63) is 11.6 Å². The number of hydrogen-bond donors (Lipinski definition) is 2. The highest BCUT2D eigenvalue weighted by molar-refractivity contribution is 5.14. The summed E-state index contributed by atoms with van der Waals surface area (Å²) in [6.07, 6.45) is 16.1. The Morgan fingerprint density at radius 3 is 2.38 bits per heavy atom. The molecular formula is C14H26N2. The fourth-order valence-corrected chi connectivity index (χ4v) is 3.34. The molecule has 0 aromatic heterocycles. The maximum atomic E-state index is 5.79. The zero-order valence-corrected chi connectivity index (χ0v) is 10.4. The van der Waals surface area contributed by atoms with Crippen LogP contribution in [0.25, 0.3) is 0 Å². The fraction of sp³-hybridized carbons (Fsp3) is 0.857. The summed E-state index contributed by atoms with van der Waals surface area (Å²) < 4.78 is 0. The van der Waals surface area contributed by atoms with Crippen LogP contribution in [-0.2, 0) is 0 Å². The first-order chi connectivity index (χ1) is 7.92. The smallest absolute Gasteiger partial charge is 0.0447 e. The lowest BCUT2D eigenvalue weighted by atomic mass is 9.83. The zero-order valence-electron chi connectivity index (χ0n) is 10.4. The number of hydrogen-bond acceptors (Lipinski definition) is 2. The summed E-state index contributed by atoms with van der Waals surface area (Å²) in [5, 5.41) is 0. The van der Waals surface area contributed by atoms with Crippen molar-refractivity contribution in [2.24, 2.45) is 11.8 Å². The van der Waals surface area contributed by atoms with Gasteiger partial charge in [0.25, 0.3) is 0 Å². The van der Waals surface area contributed by atoms with Crippen LogP contribution in [0.1, 0.15) is 64.2 Å². The molecule has 0 bridgehead atoms. The van der Waals surface area contributed by atoms with Crippen LogP contribution in [-0.4, -0.2) is 6.04 Å². The van der Waals surface area contributed by atoms with E-state index in [1.807, 2.05) is 0 Å². The Balaban J connectivity index is 1.99. The quantitative estimate of drug-likeness (QED) is 0.333. The molecule has 0 radical (unpaired) electrons. The average Bonchev–Trinajstić information content (AvgIpc) is 2.61. The number of rotatable bonds is 3. The molecule has 1 atom stereocenters. The Hall–Kier alpha value is -0.340. The van der Waals surface area contributed by atoms with Crippen LogP contribution in [0.15, 0.2) is 11.6 Å². The zero-order chi connectivity index (χ0) is 11.2. The predicted octanol–water partition coefficient (Wildman–Crippen LogP) is 3.29. The maximum Gasteiger partial charge on any atom is 0.0447 e. The second-order valence-corrected chi connectivity index (χ2v) is 5.42. The van der Waals surface area contributed by atoms with Crippen molar-refractivity contribution in [2.45, 2.75) is 70.3 Å². The van der Waals surface area contributed by atoms with Crippen molar-refractivity contribution in [1.82, 2.24) is 5.43 Å². The second kappa shape index (κ2) is 6.41. The minimum atomic E-state index is 0.471. The van der Waals surface area contributed by atoms with Gasteiger partial charge in [0.2, 0.25) is 0 Å². The molecule has 0 heterocycles. The largest absolute Gasteiger partial charge is 0.271 e. The lowest BCUT2D eigenvalue weighted by Crippen LogP contribution is -2.42. The Morgan fingerprint density at radius 2 is 1.81 bits per heavy atom. The van der Waals surface area contributed by atoms with Gasteiger partial charge in [0.05, 0.1) is 0 Å². The third kappa shape index (κ3) is 3.08. The molecule has 1 fully saturated rings. The molecule has 0 amide bonds. The Bertz CT molecular complexity index is 227. The van der Waals surface area contributed by atoms with Crippen LogP contribution in [0.3, 0.4) is 0 Å². The summed E-state index contributed by atoms with van der Waals surface area (Å²) in [7, 11) is 0. The van der Waals surface area contributed by atoms with Crippen molar-refractivity contribution in [2.75, 3.05) is 0 Å². The molecule has 2 aliphatic rings. The van der Waals surface area contributed by atoms with E-state index < -0.39 is 0 Å². The molecule has 2 heteroatoms. The second-order valence-electron chi connectivity index (χ2n) is 5.42. The average molecular weight is 222 g/mol. The SMILES string of the molecule is NNC(C1=CCCCC1)C1CCCCCC1. The van der Waals surface area contributed by atoms with Crippen LogP contribution in [0, 0.1) is 5.92 Å². The van der Waals surface area contributed by atoms with E-state index in [9.17, 15) is 0 Å². The first-order valence-electron chi connectivity index (χ1n) is 7.07. The number of hydrazine groups is 1. The number of nitrogens with two attached hydrogens (primary N) is 1. The van der Waals surface area contributed by atoms with Crippen molar-refractivity contribution < 1.29 is 0 Å².